The molecule has 2 aromatic rings. The summed E-state index contributed by atoms with van der Waals surface area (Å²) in [4.78, 5) is 0. The van der Waals surface area contributed by atoms with Crippen molar-refractivity contribution in [1.29, 1.82) is 0 Å². The topological polar surface area (TPSA) is 29.5 Å². The molecule has 1 fully saturated rings. The molecule has 1 saturated carbocycles. The van der Waals surface area contributed by atoms with Crippen LogP contribution in [-0.4, -0.2) is 11.7 Å². The number of hydrogen-bond acceptors (Lipinski definition) is 2. The number of fused-ring (bicyclic) bond motifs is 3. The van der Waals surface area contributed by atoms with Gasteiger partial charge >= 0.3 is 0 Å². The number of phenols is 1. The average molecular weight is 280 g/mol. The summed E-state index contributed by atoms with van der Waals surface area (Å²) in [7, 11) is 0. The highest BCUT2D eigenvalue weighted by atomic mass is 16.5. The van der Waals surface area contributed by atoms with Crippen molar-refractivity contribution in [2.24, 2.45) is 5.41 Å². The lowest BCUT2D eigenvalue weighted by Crippen LogP contribution is -2.17. The van der Waals surface area contributed by atoms with E-state index < -0.39 is 0 Å². The lowest BCUT2D eigenvalue weighted by Gasteiger charge is -2.23. The normalized spacial score (nSPS) is 25.7. The molecule has 0 saturated heterocycles. The van der Waals surface area contributed by atoms with Gasteiger partial charge < -0.3 is 9.84 Å². The molecule has 2 atom stereocenters. The number of benzene rings is 2. The summed E-state index contributed by atoms with van der Waals surface area (Å²) in [6.45, 7) is 3.02. The van der Waals surface area contributed by atoms with Crippen LogP contribution in [0.4, 0.5) is 0 Å². The van der Waals surface area contributed by atoms with E-state index in [-0.39, 0.29) is 5.41 Å². The lowest BCUT2D eigenvalue weighted by molar-refractivity contribution is 0.220. The van der Waals surface area contributed by atoms with E-state index in [1.165, 1.54) is 5.56 Å². The molecule has 4 rings (SSSR count). The molecule has 2 nitrogen and oxygen atoms in total. The fraction of sp³-hybridized carbons (Fsp3) is 0.368. The Kier molecular flexibility index (Phi) is 2.75. The number of aryl methyl sites for hydroxylation is 2. The Balaban J connectivity index is 1.57. The summed E-state index contributed by atoms with van der Waals surface area (Å²) in [5.74, 6) is 1.81. The second kappa shape index (κ2) is 4.52. The van der Waals surface area contributed by atoms with Gasteiger partial charge in [0.05, 0.1) is 6.61 Å². The third-order valence-corrected chi connectivity index (χ3v) is 4.98. The Morgan fingerprint density at radius 2 is 1.90 bits per heavy atom. The zero-order valence-corrected chi connectivity index (χ0v) is 12.3. The zero-order valence-electron chi connectivity index (χ0n) is 12.3. The van der Waals surface area contributed by atoms with Crippen LogP contribution in [-0.2, 0) is 12.8 Å². The summed E-state index contributed by atoms with van der Waals surface area (Å²) in [6, 6.07) is 14.5. The molecule has 2 aromatic carbocycles. The first-order chi connectivity index (χ1) is 10.2. The summed E-state index contributed by atoms with van der Waals surface area (Å²) in [5, 5.41) is 10.4. The molecule has 1 aliphatic carbocycles. The van der Waals surface area contributed by atoms with Crippen LogP contribution in [0.3, 0.4) is 0 Å². The molecular formula is C19H20O2. The summed E-state index contributed by atoms with van der Waals surface area (Å²) in [6.07, 6.45) is 3.05. The standard InChI is InChI=1S/C19H20O2/c1-19-11-15(19)18-16(20)9-14(10-17(18)21-12-19)8-7-13-5-3-2-4-6-13/h2-6,9-10,15,20H,7-8,11-12H2,1H3. The Morgan fingerprint density at radius 1 is 1.14 bits per heavy atom. The number of phenolic OH excluding ortho intramolecular Hbond substituents is 1. The average Bonchev–Trinajstić information content (AvgIpc) is 3.18. The van der Waals surface area contributed by atoms with Gasteiger partial charge in [-0.15, -0.1) is 0 Å². The SMILES string of the molecule is CC12COc3cc(CCc4ccccc4)cc(O)c3C1C2. The van der Waals surface area contributed by atoms with Gasteiger partial charge in [0.25, 0.3) is 0 Å². The maximum Gasteiger partial charge on any atom is 0.126 e. The molecule has 0 bridgehead atoms. The van der Waals surface area contributed by atoms with Crippen LogP contribution in [0.1, 0.15) is 36.0 Å². The van der Waals surface area contributed by atoms with Gasteiger partial charge in [-0.25, -0.2) is 0 Å². The summed E-state index contributed by atoms with van der Waals surface area (Å²) >= 11 is 0. The Labute approximate surface area is 125 Å². The molecule has 1 aliphatic heterocycles. The Hall–Kier alpha value is -1.96. The van der Waals surface area contributed by atoms with Crippen molar-refractivity contribution in [3.05, 3.63) is 59.2 Å². The minimum absolute atomic E-state index is 0.260. The van der Waals surface area contributed by atoms with Crippen molar-refractivity contribution in [3.63, 3.8) is 0 Å². The molecule has 2 aliphatic rings. The van der Waals surface area contributed by atoms with Gasteiger partial charge in [0.2, 0.25) is 0 Å². The number of hydrogen-bond donors (Lipinski definition) is 1. The smallest absolute Gasteiger partial charge is 0.126 e. The van der Waals surface area contributed by atoms with Gasteiger partial charge in [0.1, 0.15) is 11.5 Å². The van der Waals surface area contributed by atoms with Gasteiger partial charge in [-0.1, -0.05) is 37.3 Å². The van der Waals surface area contributed by atoms with Crippen LogP contribution in [0.5, 0.6) is 11.5 Å². The molecule has 2 heteroatoms. The van der Waals surface area contributed by atoms with Crippen LogP contribution < -0.4 is 4.74 Å². The van der Waals surface area contributed by atoms with E-state index in [9.17, 15) is 5.11 Å². The minimum Gasteiger partial charge on any atom is -0.508 e. The van der Waals surface area contributed by atoms with Crippen LogP contribution in [0.2, 0.25) is 0 Å². The maximum absolute atomic E-state index is 10.4. The van der Waals surface area contributed by atoms with Crippen LogP contribution in [0.25, 0.3) is 0 Å². The van der Waals surface area contributed by atoms with Gasteiger partial charge in [-0.05, 0) is 42.5 Å². The summed E-state index contributed by atoms with van der Waals surface area (Å²) in [5.41, 5.74) is 3.77. The molecule has 0 spiro atoms. The van der Waals surface area contributed by atoms with Crippen LogP contribution >= 0.6 is 0 Å². The monoisotopic (exact) mass is 280 g/mol. The number of rotatable bonds is 3. The quantitative estimate of drug-likeness (QED) is 0.918. The molecule has 0 aromatic heterocycles. The van der Waals surface area contributed by atoms with Crippen molar-refractivity contribution < 1.29 is 9.84 Å². The van der Waals surface area contributed by atoms with Crippen molar-refractivity contribution in [2.45, 2.75) is 32.1 Å². The predicted octanol–water partition coefficient (Wildman–Crippen LogP) is 4.06. The highest BCUT2D eigenvalue weighted by Gasteiger charge is 2.56. The minimum atomic E-state index is 0.260. The molecule has 0 radical (unpaired) electrons. The van der Waals surface area contributed by atoms with Crippen molar-refractivity contribution >= 4 is 0 Å². The Bertz CT molecular complexity index is 677. The van der Waals surface area contributed by atoms with Crippen molar-refractivity contribution in [1.82, 2.24) is 0 Å². The van der Waals surface area contributed by atoms with Crippen molar-refractivity contribution in [3.8, 4) is 11.5 Å². The van der Waals surface area contributed by atoms with Gasteiger partial charge in [-0.2, -0.15) is 0 Å². The van der Waals surface area contributed by atoms with Gasteiger partial charge in [0, 0.05) is 16.9 Å². The zero-order chi connectivity index (χ0) is 14.4. The Morgan fingerprint density at radius 3 is 2.71 bits per heavy atom. The molecule has 21 heavy (non-hydrogen) atoms. The highest BCUT2D eigenvalue weighted by molar-refractivity contribution is 5.54. The first-order valence-electron chi connectivity index (χ1n) is 7.68. The van der Waals surface area contributed by atoms with E-state index in [1.54, 1.807) is 0 Å². The third-order valence-electron chi connectivity index (χ3n) is 4.98. The third kappa shape index (κ3) is 2.19. The fourth-order valence-electron chi connectivity index (χ4n) is 3.47. The lowest BCUT2D eigenvalue weighted by atomic mass is 9.94. The molecule has 0 amide bonds. The predicted molar refractivity (Wildman–Crippen MR) is 82.9 cm³/mol. The van der Waals surface area contributed by atoms with Crippen LogP contribution in [0, 0.1) is 5.41 Å². The van der Waals surface area contributed by atoms with E-state index in [2.05, 4.69) is 37.3 Å². The molecule has 1 heterocycles. The van der Waals surface area contributed by atoms with E-state index >= 15 is 0 Å². The number of aromatic hydroxyl groups is 1. The second-order valence-corrected chi connectivity index (χ2v) is 6.71. The first-order valence-corrected chi connectivity index (χ1v) is 7.68. The van der Waals surface area contributed by atoms with Gasteiger partial charge in [-0.3, -0.25) is 0 Å². The highest BCUT2D eigenvalue weighted by Crippen LogP contribution is 2.65. The van der Waals surface area contributed by atoms with E-state index in [0.717, 1.165) is 42.7 Å². The second-order valence-electron chi connectivity index (χ2n) is 6.71. The fourth-order valence-corrected chi connectivity index (χ4v) is 3.47. The van der Waals surface area contributed by atoms with Crippen molar-refractivity contribution in [2.75, 3.05) is 6.61 Å². The van der Waals surface area contributed by atoms with Gasteiger partial charge in [0.15, 0.2) is 0 Å². The largest absolute Gasteiger partial charge is 0.508 e. The van der Waals surface area contributed by atoms with Crippen LogP contribution in [0.15, 0.2) is 42.5 Å². The molecule has 2 unspecified atom stereocenters. The molecule has 108 valence electrons. The van der Waals surface area contributed by atoms with E-state index in [1.807, 2.05) is 12.1 Å². The summed E-state index contributed by atoms with van der Waals surface area (Å²) < 4.78 is 5.89. The van der Waals surface area contributed by atoms with E-state index in [0.29, 0.717) is 11.7 Å². The molecular weight excluding hydrogens is 260 g/mol. The first kappa shape index (κ1) is 12.8. The van der Waals surface area contributed by atoms with E-state index in [4.69, 9.17) is 4.74 Å². The molecule has 1 N–H and O–H groups in total. The number of ether oxygens (including phenoxy) is 1. The maximum atomic E-state index is 10.4.